The molecule has 1 heterocycles. The smallest absolute Gasteiger partial charge is 0.317 e. The molecule has 0 fully saturated rings. The quantitative estimate of drug-likeness (QED) is 0.855. The van der Waals surface area contributed by atoms with Gasteiger partial charge < -0.3 is 14.7 Å². The Morgan fingerprint density at radius 1 is 1.28 bits per heavy atom. The van der Waals surface area contributed by atoms with Crippen LogP contribution in [0.15, 0.2) is 34.9 Å². The van der Waals surface area contributed by atoms with Crippen molar-refractivity contribution in [2.45, 2.75) is 59.0 Å². The van der Waals surface area contributed by atoms with E-state index in [4.69, 9.17) is 4.52 Å². The predicted molar refractivity (Wildman–Crippen MR) is 99.5 cm³/mol. The number of carbonyl (C=O) groups excluding carboxylic acids is 1. The fourth-order valence-electron chi connectivity index (χ4n) is 3.18. The molecule has 0 saturated carbocycles. The summed E-state index contributed by atoms with van der Waals surface area (Å²) in [5.74, 6) is 0.760. The van der Waals surface area contributed by atoms with E-state index in [1.54, 1.807) is 11.9 Å². The zero-order valence-electron chi connectivity index (χ0n) is 16.1. The van der Waals surface area contributed by atoms with Gasteiger partial charge in [-0.15, -0.1) is 0 Å². The first-order chi connectivity index (χ1) is 11.7. The summed E-state index contributed by atoms with van der Waals surface area (Å²) < 4.78 is 5.16. The lowest BCUT2D eigenvalue weighted by molar-refractivity contribution is 0.200. The lowest BCUT2D eigenvalue weighted by atomic mass is 9.79. The second-order valence-corrected chi connectivity index (χ2v) is 7.46. The first kappa shape index (κ1) is 19.0. The molecule has 0 bridgehead atoms. The molecule has 1 aromatic carbocycles. The maximum atomic E-state index is 12.5. The Hall–Kier alpha value is -2.30. The van der Waals surface area contributed by atoms with E-state index < -0.39 is 0 Å². The minimum atomic E-state index is -0.0867. The van der Waals surface area contributed by atoms with Crippen molar-refractivity contribution in [1.82, 2.24) is 15.4 Å². The highest BCUT2D eigenvalue weighted by molar-refractivity contribution is 5.74. The minimum absolute atomic E-state index is 0.00577. The molecular formula is C20H29N3O2. The maximum Gasteiger partial charge on any atom is 0.317 e. The first-order valence-electron chi connectivity index (χ1n) is 8.69. The van der Waals surface area contributed by atoms with Gasteiger partial charge in [-0.25, -0.2) is 4.79 Å². The van der Waals surface area contributed by atoms with Gasteiger partial charge in [-0.2, -0.15) is 0 Å². The fraction of sp³-hybridized carbons (Fsp3) is 0.500. The molecule has 1 aromatic heterocycles. The highest BCUT2D eigenvalue weighted by Crippen LogP contribution is 2.28. The molecule has 1 atom stereocenters. The number of hydrogen-bond donors (Lipinski definition) is 1. The predicted octanol–water partition coefficient (Wildman–Crippen LogP) is 4.19. The zero-order valence-corrected chi connectivity index (χ0v) is 16.1. The van der Waals surface area contributed by atoms with Crippen molar-refractivity contribution < 1.29 is 9.32 Å². The minimum Gasteiger partial charge on any atom is -0.361 e. The van der Waals surface area contributed by atoms with Gasteiger partial charge in [-0.3, -0.25) is 0 Å². The fourth-order valence-corrected chi connectivity index (χ4v) is 3.18. The monoisotopic (exact) mass is 343 g/mol. The molecule has 1 N–H and O–H groups in total. The van der Waals surface area contributed by atoms with Crippen LogP contribution in [0.3, 0.4) is 0 Å². The molecule has 0 spiro atoms. The highest BCUT2D eigenvalue weighted by Gasteiger charge is 2.25. The summed E-state index contributed by atoms with van der Waals surface area (Å²) in [4.78, 5) is 14.2. The van der Waals surface area contributed by atoms with Gasteiger partial charge in [0.25, 0.3) is 0 Å². The third-order valence-corrected chi connectivity index (χ3v) is 4.66. The van der Waals surface area contributed by atoms with Crippen LogP contribution in [0.1, 0.15) is 49.8 Å². The van der Waals surface area contributed by atoms with E-state index in [2.05, 4.69) is 48.6 Å². The van der Waals surface area contributed by atoms with Crippen molar-refractivity contribution in [3.8, 4) is 0 Å². The SMILES string of the molecule is Cc1noc(C)c1CN(C)C(=O)N[C@H](C)CC(C)(C)c1ccccc1. The van der Waals surface area contributed by atoms with Crippen LogP contribution in [0.25, 0.3) is 0 Å². The number of aromatic nitrogens is 1. The topological polar surface area (TPSA) is 58.4 Å². The third-order valence-electron chi connectivity index (χ3n) is 4.66. The molecule has 25 heavy (non-hydrogen) atoms. The number of nitrogens with zero attached hydrogens (tertiary/aromatic N) is 2. The van der Waals surface area contributed by atoms with Crippen molar-refractivity contribution in [3.05, 3.63) is 52.9 Å². The van der Waals surface area contributed by atoms with Crippen molar-refractivity contribution in [1.29, 1.82) is 0 Å². The Morgan fingerprint density at radius 2 is 1.92 bits per heavy atom. The number of amides is 2. The van der Waals surface area contributed by atoms with Gasteiger partial charge in [-0.05, 0) is 38.2 Å². The number of carbonyl (C=O) groups is 1. The molecule has 0 aliphatic carbocycles. The number of benzene rings is 1. The van der Waals surface area contributed by atoms with Gasteiger partial charge in [0.15, 0.2) is 0 Å². The van der Waals surface area contributed by atoms with E-state index in [0.717, 1.165) is 23.4 Å². The van der Waals surface area contributed by atoms with Gasteiger partial charge in [0.1, 0.15) is 5.76 Å². The Balaban J connectivity index is 1.93. The van der Waals surface area contributed by atoms with Gasteiger partial charge in [0, 0.05) is 18.7 Å². The van der Waals surface area contributed by atoms with E-state index in [0.29, 0.717) is 6.54 Å². The van der Waals surface area contributed by atoms with Crippen LogP contribution >= 0.6 is 0 Å². The summed E-state index contributed by atoms with van der Waals surface area (Å²) in [5, 5.41) is 7.03. The number of nitrogens with one attached hydrogen (secondary N) is 1. The van der Waals surface area contributed by atoms with Crippen molar-refractivity contribution in [2.75, 3.05) is 7.05 Å². The van der Waals surface area contributed by atoms with Gasteiger partial charge in [0.2, 0.25) is 0 Å². The van der Waals surface area contributed by atoms with Gasteiger partial charge >= 0.3 is 6.03 Å². The van der Waals surface area contributed by atoms with Crippen molar-refractivity contribution >= 4 is 6.03 Å². The van der Waals surface area contributed by atoms with Crippen LogP contribution in [0, 0.1) is 13.8 Å². The molecule has 0 saturated heterocycles. The van der Waals surface area contributed by atoms with Crippen LogP contribution in [0.2, 0.25) is 0 Å². The van der Waals surface area contributed by atoms with E-state index in [9.17, 15) is 4.79 Å². The Kier molecular flexibility index (Phi) is 5.88. The summed E-state index contributed by atoms with van der Waals surface area (Å²) in [7, 11) is 1.79. The molecular weight excluding hydrogens is 314 g/mol. The molecule has 136 valence electrons. The Labute approximate surface area is 150 Å². The van der Waals surface area contributed by atoms with Crippen molar-refractivity contribution in [2.24, 2.45) is 0 Å². The summed E-state index contributed by atoms with van der Waals surface area (Å²) in [6.07, 6.45) is 0.863. The van der Waals surface area contributed by atoms with Crippen LogP contribution in [-0.2, 0) is 12.0 Å². The normalized spacial score (nSPS) is 12.7. The number of rotatable bonds is 6. The van der Waals surface area contributed by atoms with E-state index in [1.165, 1.54) is 5.56 Å². The molecule has 0 radical (unpaired) electrons. The van der Waals surface area contributed by atoms with E-state index >= 15 is 0 Å². The molecule has 0 unspecified atom stereocenters. The largest absolute Gasteiger partial charge is 0.361 e. The standard InChI is InChI=1S/C20H29N3O2/c1-14(12-20(4,5)17-10-8-7-9-11-17)21-19(24)23(6)13-18-15(2)22-25-16(18)3/h7-11,14H,12-13H2,1-6H3,(H,21,24)/t14-/m1/s1. The second kappa shape index (κ2) is 7.72. The summed E-state index contributed by atoms with van der Waals surface area (Å²) in [6, 6.07) is 10.4. The Morgan fingerprint density at radius 3 is 2.48 bits per heavy atom. The Bertz CT molecular complexity index is 687. The molecule has 5 nitrogen and oxygen atoms in total. The third kappa shape index (κ3) is 4.84. The highest BCUT2D eigenvalue weighted by atomic mass is 16.5. The van der Waals surface area contributed by atoms with Gasteiger partial charge in [-0.1, -0.05) is 49.3 Å². The van der Waals surface area contributed by atoms with Crippen LogP contribution in [0.5, 0.6) is 0 Å². The van der Waals surface area contributed by atoms with Gasteiger partial charge in [0.05, 0.1) is 12.2 Å². The molecule has 0 aliphatic rings. The van der Waals surface area contributed by atoms with Crippen LogP contribution in [0.4, 0.5) is 4.79 Å². The van der Waals surface area contributed by atoms with E-state index in [1.807, 2.05) is 26.8 Å². The first-order valence-corrected chi connectivity index (χ1v) is 8.69. The van der Waals surface area contributed by atoms with Crippen molar-refractivity contribution in [3.63, 3.8) is 0 Å². The molecule has 2 aromatic rings. The summed E-state index contributed by atoms with van der Waals surface area (Å²) >= 11 is 0. The molecule has 2 rings (SSSR count). The average Bonchev–Trinajstić information content (AvgIpc) is 2.87. The molecule has 0 aliphatic heterocycles. The van der Waals surface area contributed by atoms with E-state index in [-0.39, 0.29) is 17.5 Å². The second-order valence-electron chi connectivity index (χ2n) is 7.46. The molecule has 5 heteroatoms. The summed E-state index contributed by atoms with van der Waals surface area (Å²) in [5.41, 5.74) is 3.07. The average molecular weight is 343 g/mol. The van der Waals surface area contributed by atoms with Crippen LogP contribution in [-0.4, -0.2) is 29.2 Å². The molecule has 2 amide bonds. The number of aryl methyl sites for hydroxylation is 2. The number of urea groups is 1. The maximum absolute atomic E-state index is 12.5. The number of hydrogen-bond acceptors (Lipinski definition) is 3. The summed E-state index contributed by atoms with van der Waals surface area (Å²) in [6.45, 7) is 10.7. The van der Waals surface area contributed by atoms with Crippen LogP contribution < -0.4 is 5.32 Å². The zero-order chi connectivity index (χ0) is 18.6. The lowest BCUT2D eigenvalue weighted by Gasteiger charge is -2.30. The lowest BCUT2D eigenvalue weighted by Crippen LogP contribution is -2.43.